The third-order valence-corrected chi connectivity index (χ3v) is 7.50. The van der Waals surface area contributed by atoms with Crippen LogP contribution in [0.5, 0.6) is 0 Å². The van der Waals surface area contributed by atoms with E-state index >= 15 is 0 Å². The normalized spacial score (nSPS) is 53.9. The molecule has 0 heteroatoms. The maximum Gasteiger partial charge on any atom is 0.00148 e. The van der Waals surface area contributed by atoms with E-state index in [-0.39, 0.29) is 0 Å². The summed E-state index contributed by atoms with van der Waals surface area (Å²) in [5.74, 6) is 4.21. The Kier molecular flexibility index (Phi) is 2.31. The van der Waals surface area contributed by atoms with Crippen LogP contribution < -0.4 is 0 Å². The Labute approximate surface area is 117 Å². The lowest BCUT2D eigenvalue weighted by molar-refractivity contribution is -0.272. The highest BCUT2D eigenvalue weighted by Gasteiger charge is 2.82. The molecule has 19 heavy (non-hydrogen) atoms. The summed E-state index contributed by atoms with van der Waals surface area (Å²) in [5, 5.41) is 0. The van der Waals surface area contributed by atoms with E-state index in [0.717, 1.165) is 29.1 Å². The van der Waals surface area contributed by atoms with E-state index in [1.165, 1.54) is 19.3 Å². The molecule has 0 saturated heterocycles. The van der Waals surface area contributed by atoms with Crippen LogP contribution in [0.3, 0.4) is 0 Å². The number of hydrogen-bond donors (Lipinski definition) is 0. The highest BCUT2D eigenvalue weighted by Crippen LogP contribution is 2.89. The van der Waals surface area contributed by atoms with E-state index in [1.54, 1.807) is 18.4 Å². The fourth-order valence-corrected chi connectivity index (χ4v) is 7.18. The lowest BCUT2D eigenvalue weighted by atomic mass is 9.26. The summed E-state index contributed by atoms with van der Waals surface area (Å²) in [6.07, 6.45) is 16.3. The van der Waals surface area contributed by atoms with Gasteiger partial charge in [-0.25, -0.2) is 0 Å². The van der Waals surface area contributed by atoms with Crippen molar-refractivity contribution >= 4 is 0 Å². The Bertz CT molecular complexity index is 482. The summed E-state index contributed by atoms with van der Waals surface area (Å²) in [6, 6.07) is 0. The second-order valence-corrected chi connectivity index (χ2v) is 7.42. The van der Waals surface area contributed by atoms with Crippen LogP contribution in [-0.2, 0) is 0 Å². The zero-order valence-corrected chi connectivity index (χ0v) is 12.4. The first-order valence-corrected chi connectivity index (χ1v) is 8.19. The summed E-state index contributed by atoms with van der Waals surface area (Å²) in [6.45, 7) is 8.50. The van der Waals surface area contributed by atoms with Gasteiger partial charge in [-0.3, -0.25) is 0 Å². The van der Waals surface area contributed by atoms with Gasteiger partial charge < -0.3 is 0 Å². The molecule has 0 heterocycles. The first-order chi connectivity index (χ1) is 9.23. The second-order valence-electron chi connectivity index (χ2n) is 7.42. The molecule has 4 fully saturated rings. The third-order valence-electron chi connectivity index (χ3n) is 7.50. The number of rotatable bonds is 4. The molecule has 0 aliphatic heterocycles. The van der Waals surface area contributed by atoms with Gasteiger partial charge in [-0.05, 0) is 73.7 Å². The van der Waals surface area contributed by atoms with Crippen molar-refractivity contribution < 1.29 is 0 Å². The van der Waals surface area contributed by atoms with Gasteiger partial charge in [-0.1, -0.05) is 37.8 Å². The van der Waals surface area contributed by atoms with Crippen LogP contribution in [0.1, 0.15) is 46.0 Å². The van der Waals surface area contributed by atoms with Crippen molar-refractivity contribution in [1.29, 1.82) is 0 Å². The number of allylic oxidation sites excluding steroid dienone is 5. The predicted octanol–water partition coefficient (Wildman–Crippen LogP) is 5.14. The molecule has 0 N–H and O–H groups in total. The summed E-state index contributed by atoms with van der Waals surface area (Å²) >= 11 is 0. The molecule has 2 bridgehead atoms. The topological polar surface area (TPSA) is 0 Å². The average molecular weight is 254 g/mol. The predicted molar refractivity (Wildman–Crippen MR) is 80.7 cm³/mol. The fourth-order valence-electron chi connectivity index (χ4n) is 7.18. The molecule has 4 aliphatic carbocycles. The van der Waals surface area contributed by atoms with E-state index < -0.39 is 0 Å². The number of hydrogen-bond acceptors (Lipinski definition) is 0. The molecule has 4 aliphatic rings. The first kappa shape index (κ1) is 12.0. The Hall–Kier alpha value is -0.780. The van der Waals surface area contributed by atoms with Crippen LogP contribution >= 0.6 is 0 Å². The summed E-state index contributed by atoms with van der Waals surface area (Å²) < 4.78 is 0. The minimum atomic E-state index is 0.528. The smallest absolute Gasteiger partial charge is 0.00148 e. The van der Waals surface area contributed by atoms with Gasteiger partial charge in [-0.2, -0.15) is 0 Å². The molecule has 102 valence electrons. The number of fused-ring (bicyclic) bond motifs is 1. The van der Waals surface area contributed by atoms with Crippen molar-refractivity contribution in [2.45, 2.75) is 46.0 Å². The molecule has 6 unspecified atom stereocenters. The second kappa shape index (κ2) is 3.65. The van der Waals surface area contributed by atoms with Crippen molar-refractivity contribution in [2.75, 3.05) is 0 Å². The molecular weight excluding hydrogens is 228 g/mol. The molecule has 0 amide bonds. The molecule has 0 aromatic heterocycles. The molecule has 4 rings (SSSR count). The van der Waals surface area contributed by atoms with E-state index in [9.17, 15) is 0 Å². The van der Waals surface area contributed by atoms with Crippen LogP contribution in [0.4, 0.5) is 0 Å². The maximum atomic E-state index is 3.84. The quantitative estimate of drug-likeness (QED) is 0.610. The maximum absolute atomic E-state index is 3.84. The van der Waals surface area contributed by atoms with Crippen LogP contribution in [0.25, 0.3) is 0 Å². The van der Waals surface area contributed by atoms with Crippen LogP contribution in [0.2, 0.25) is 0 Å². The molecule has 0 radical (unpaired) electrons. The lowest BCUT2D eigenvalue weighted by Crippen LogP contribution is -2.72. The van der Waals surface area contributed by atoms with Gasteiger partial charge in [0.15, 0.2) is 0 Å². The molecule has 6 atom stereocenters. The molecule has 0 nitrogen and oxygen atoms in total. The zero-order valence-electron chi connectivity index (χ0n) is 12.4. The van der Waals surface area contributed by atoms with Gasteiger partial charge in [0, 0.05) is 5.41 Å². The van der Waals surface area contributed by atoms with Gasteiger partial charge in [0.1, 0.15) is 0 Å². The minimum absolute atomic E-state index is 0.528. The summed E-state index contributed by atoms with van der Waals surface area (Å²) in [4.78, 5) is 0. The van der Waals surface area contributed by atoms with E-state index in [1.807, 2.05) is 6.08 Å². The van der Waals surface area contributed by atoms with Gasteiger partial charge in [-0.15, -0.1) is 0 Å². The van der Waals surface area contributed by atoms with Crippen molar-refractivity contribution in [3.05, 3.63) is 36.5 Å². The largest absolute Gasteiger partial charge is 0.0991 e. The molecule has 0 aromatic rings. The van der Waals surface area contributed by atoms with Crippen LogP contribution in [0.15, 0.2) is 36.5 Å². The zero-order chi connectivity index (χ0) is 13.3. The van der Waals surface area contributed by atoms with Crippen LogP contribution in [0, 0.1) is 34.5 Å². The molecule has 0 aromatic carbocycles. The first-order valence-electron chi connectivity index (χ1n) is 8.19. The Morgan fingerprint density at radius 3 is 2.68 bits per heavy atom. The summed E-state index contributed by atoms with van der Waals surface area (Å²) in [7, 11) is 0. The van der Waals surface area contributed by atoms with Gasteiger partial charge in [0.2, 0.25) is 0 Å². The Morgan fingerprint density at radius 2 is 2.05 bits per heavy atom. The highest BCUT2D eigenvalue weighted by atomic mass is 14.9. The van der Waals surface area contributed by atoms with Gasteiger partial charge >= 0.3 is 0 Å². The molecule has 1 spiro atoms. The van der Waals surface area contributed by atoms with Crippen molar-refractivity contribution in [3.63, 3.8) is 0 Å². The van der Waals surface area contributed by atoms with E-state index in [0.29, 0.717) is 5.41 Å². The van der Waals surface area contributed by atoms with E-state index in [2.05, 4.69) is 38.7 Å². The lowest BCUT2D eigenvalue weighted by Gasteiger charge is -2.77. The molecule has 4 saturated carbocycles. The average Bonchev–Trinajstić information content (AvgIpc) is 2.92. The van der Waals surface area contributed by atoms with Crippen molar-refractivity contribution in [2.24, 2.45) is 34.5 Å². The summed E-state index contributed by atoms with van der Waals surface area (Å²) in [5.41, 5.74) is 2.96. The minimum Gasteiger partial charge on any atom is -0.0991 e. The van der Waals surface area contributed by atoms with Crippen LogP contribution in [-0.4, -0.2) is 0 Å². The molecular formula is C19H26. The van der Waals surface area contributed by atoms with Gasteiger partial charge in [0.25, 0.3) is 0 Å². The monoisotopic (exact) mass is 254 g/mol. The third kappa shape index (κ3) is 1.06. The van der Waals surface area contributed by atoms with Crippen molar-refractivity contribution in [1.82, 2.24) is 0 Å². The SMILES string of the molecule is C=C/C=C\C(=C/C)C1(CC)C2CC3CC4CC1C42C3. The van der Waals surface area contributed by atoms with E-state index in [4.69, 9.17) is 0 Å². The van der Waals surface area contributed by atoms with Crippen molar-refractivity contribution in [3.8, 4) is 0 Å². The highest BCUT2D eigenvalue weighted by molar-refractivity contribution is 5.42. The Balaban J connectivity index is 1.73. The standard InChI is InChI=1S/C19H26/c1-4-7-8-14(5-2)18(6-3)16-10-13-9-15-11-17(18)19(15,16)12-13/h4-5,7-8,13,15-17H,1,6,9-12H2,2-3H3/b8-7-,14-5+. The van der Waals surface area contributed by atoms with Gasteiger partial charge in [0.05, 0.1) is 0 Å². The fraction of sp³-hybridized carbons (Fsp3) is 0.684. The Morgan fingerprint density at radius 1 is 1.26 bits per heavy atom.